The van der Waals surface area contributed by atoms with Crippen LogP contribution in [0.4, 0.5) is 0 Å². The summed E-state index contributed by atoms with van der Waals surface area (Å²) < 4.78 is 0. The maximum Gasteiger partial charge on any atom is 0.336 e. The molecule has 8 heteroatoms. The largest absolute Gasteiger partial charge is 0.478 e. The lowest BCUT2D eigenvalue weighted by molar-refractivity contribution is -0.129. The lowest BCUT2D eigenvalue weighted by Gasteiger charge is -2.20. The van der Waals surface area contributed by atoms with E-state index in [4.69, 9.17) is 5.11 Å². The minimum Gasteiger partial charge on any atom is -0.478 e. The van der Waals surface area contributed by atoms with E-state index < -0.39 is 17.8 Å². The van der Waals surface area contributed by atoms with Crippen LogP contribution < -0.4 is 16.2 Å². The first-order valence-electron chi connectivity index (χ1n) is 8.18. The van der Waals surface area contributed by atoms with E-state index in [-0.39, 0.29) is 29.5 Å². The third-order valence-electron chi connectivity index (χ3n) is 4.12. The Morgan fingerprint density at radius 1 is 0.960 bits per heavy atom. The van der Waals surface area contributed by atoms with E-state index in [2.05, 4.69) is 16.2 Å². The van der Waals surface area contributed by atoms with Gasteiger partial charge in [-0.3, -0.25) is 25.2 Å². The van der Waals surface area contributed by atoms with Crippen LogP contribution in [0.5, 0.6) is 0 Å². The summed E-state index contributed by atoms with van der Waals surface area (Å²) in [6.45, 7) is -0.254. The summed E-state index contributed by atoms with van der Waals surface area (Å²) in [5.41, 5.74) is 4.07. The Morgan fingerprint density at radius 2 is 1.60 bits per heavy atom. The maximum atomic E-state index is 12.0. The highest BCUT2D eigenvalue weighted by molar-refractivity contribution is 6.05. The van der Waals surface area contributed by atoms with Gasteiger partial charge in [0.05, 0.1) is 17.7 Å². The second-order valence-electron chi connectivity index (χ2n) is 5.91. The quantitative estimate of drug-likeness (QED) is 0.588. The molecule has 3 amide bonds. The second-order valence-corrected chi connectivity index (χ2v) is 5.91. The molecule has 0 saturated heterocycles. The number of rotatable bonds is 5. The monoisotopic (exact) mass is 347 g/mol. The van der Waals surface area contributed by atoms with E-state index >= 15 is 0 Å². The van der Waals surface area contributed by atoms with Gasteiger partial charge in [0.1, 0.15) is 0 Å². The summed E-state index contributed by atoms with van der Waals surface area (Å²) in [6.07, 6.45) is 4.83. The molecule has 8 nitrogen and oxygen atoms in total. The van der Waals surface area contributed by atoms with Crippen LogP contribution in [0.15, 0.2) is 24.3 Å². The fourth-order valence-electron chi connectivity index (χ4n) is 2.78. The van der Waals surface area contributed by atoms with Crippen molar-refractivity contribution in [3.63, 3.8) is 0 Å². The summed E-state index contributed by atoms with van der Waals surface area (Å²) in [6, 6.07) is 5.66. The average Bonchev–Trinajstić information content (AvgIpc) is 2.64. The molecule has 0 aromatic heterocycles. The zero-order chi connectivity index (χ0) is 18.2. The van der Waals surface area contributed by atoms with Crippen LogP contribution in [0.3, 0.4) is 0 Å². The molecule has 25 heavy (non-hydrogen) atoms. The van der Waals surface area contributed by atoms with Gasteiger partial charge in [0, 0.05) is 5.92 Å². The third-order valence-corrected chi connectivity index (χ3v) is 4.12. The van der Waals surface area contributed by atoms with Gasteiger partial charge in [-0.25, -0.2) is 4.79 Å². The first-order valence-corrected chi connectivity index (χ1v) is 8.18. The van der Waals surface area contributed by atoms with Crippen LogP contribution in [0.25, 0.3) is 0 Å². The molecule has 0 atom stereocenters. The zero-order valence-corrected chi connectivity index (χ0v) is 13.7. The standard InChI is InChI=1S/C17H21N3O5/c21-14(10-18-15(22)11-6-2-1-3-7-11)19-20-16(23)12-8-4-5-9-13(12)17(24)25/h4-5,8-9,11H,1-3,6-7,10H2,(H,18,22)(H,19,21)(H,20,23)(H,24,25). The van der Waals surface area contributed by atoms with Crippen molar-refractivity contribution in [3.05, 3.63) is 35.4 Å². The van der Waals surface area contributed by atoms with Gasteiger partial charge in [-0.1, -0.05) is 31.4 Å². The number of benzene rings is 1. The van der Waals surface area contributed by atoms with E-state index in [1.54, 1.807) is 0 Å². The van der Waals surface area contributed by atoms with Gasteiger partial charge in [0.15, 0.2) is 0 Å². The number of hydrogen-bond acceptors (Lipinski definition) is 4. The molecule has 0 bridgehead atoms. The Hall–Kier alpha value is -2.90. The van der Waals surface area contributed by atoms with Gasteiger partial charge in [-0.2, -0.15) is 0 Å². The van der Waals surface area contributed by atoms with Gasteiger partial charge < -0.3 is 10.4 Å². The fraction of sp³-hybridized carbons (Fsp3) is 0.412. The molecule has 0 radical (unpaired) electrons. The molecule has 0 aliphatic heterocycles. The van der Waals surface area contributed by atoms with Crippen LogP contribution in [-0.2, 0) is 9.59 Å². The average molecular weight is 347 g/mol. The summed E-state index contributed by atoms with van der Waals surface area (Å²) in [5.74, 6) is -2.79. The zero-order valence-electron chi connectivity index (χ0n) is 13.7. The topological polar surface area (TPSA) is 125 Å². The van der Waals surface area contributed by atoms with Gasteiger partial charge in [-0.15, -0.1) is 0 Å². The number of amides is 3. The Bertz CT molecular complexity index is 668. The first kappa shape index (κ1) is 18.4. The van der Waals surface area contributed by atoms with Crippen LogP contribution in [0.1, 0.15) is 52.8 Å². The normalized spacial score (nSPS) is 14.4. The molecule has 0 heterocycles. The predicted octanol–water partition coefficient (Wildman–Crippen LogP) is 0.842. The second kappa shape index (κ2) is 8.81. The van der Waals surface area contributed by atoms with Gasteiger partial charge in [0.2, 0.25) is 5.91 Å². The van der Waals surface area contributed by atoms with Gasteiger partial charge in [-0.05, 0) is 25.0 Å². The van der Waals surface area contributed by atoms with Crippen molar-refractivity contribution < 1.29 is 24.3 Å². The van der Waals surface area contributed by atoms with Gasteiger partial charge >= 0.3 is 5.97 Å². The van der Waals surface area contributed by atoms with Gasteiger partial charge in [0.25, 0.3) is 11.8 Å². The van der Waals surface area contributed by atoms with Crippen molar-refractivity contribution in [2.75, 3.05) is 6.54 Å². The van der Waals surface area contributed by atoms with Crippen molar-refractivity contribution in [2.24, 2.45) is 5.92 Å². The highest BCUT2D eigenvalue weighted by Crippen LogP contribution is 2.23. The van der Waals surface area contributed by atoms with E-state index in [0.29, 0.717) is 0 Å². The Morgan fingerprint density at radius 3 is 2.24 bits per heavy atom. The molecule has 134 valence electrons. The van der Waals surface area contributed by atoms with E-state index in [1.165, 1.54) is 24.3 Å². The molecule has 2 rings (SSSR count). The number of aromatic carboxylic acids is 1. The molecular weight excluding hydrogens is 326 g/mol. The number of hydrogen-bond donors (Lipinski definition) is 4. The molecule has 0 unspecified atom stereocenters. The third kappa shape index (κ3) is 5.30. The van der Waals surface area contributed by atoms with Crippen molar-refractivity contribution in [2.45, 2.75) is 32.1 Å². The number of carbonyl (C=O) groups is 4. The van der Waals surface area contributed by atoms with Crippen LogP contribution in [0.2, 0.25) is 0 Å². The van der Waals surface area contributed by atoms with Crippen LogP contribution in [0, 0.1) is 5.92 Å². The molecule has 1 saturated carbocycles. The molecule has 0 spiro atoms. The highest BCUT2D eigenvalue weighted by Gasteiger charge is 2.21. The number of carboxylic acid groups (broad SMARTS) is 1. The molecule has 1 aliphatic rings. The SMILES string of the molecule is O=C(CNC(=O)C1CCCCC1)NNC(=O)c1ccccc1C(=O)O. The minimum absolute atomic E-state index is 0.0569. The summed E-state index contributed by atoms with van der Waals surface area (Å²) in [4.78, 5) is 46.7. The minimum atomic E-state index is -1.24. The number of carbonyl (C=O) groups excluding carboxylic acids is 3. The molecular formula is C17H21N3O5. The van der Waals surface area contributed by atoms with Crippen LogP contribution in [-0.4, -0.2) is 35.3 Å². The number of carboxylic acids is 1. The Balaban J connectivity index is 1.79. The fourth-order valence-corrected chi connectivity index (χ4v) is 2.78. The predicted molar refractivity (Wildman–Crippen MR) is 88.6 cm³/mol. The molecule has 1 aromatic carbocycles. The Labute approximate surface area is 144 Å². The number of nitrogens with one attached hydrogen (secondary N) is 3. The lowest BCUT2D eigenvalue weighted by atomic mass is 9.89. The Kier molecular flexibility index (Phi) is 6.50. The summed E-state index contributed by atoms with van der Waals surface area (Å²) in [7, 11) is 0. The van der Waals surface area contributed by atoms with Crippen molar-refractivity contribution in [1.82, 2.24) is 16.2 Å². The van der Waals surface area contributed by atoms with Crippen LogP contribution >= 0.6 is 0 Å². The van der Waals surface area contributed by atoms with E-state index in [9.17, 15) is 19.2 Å². The maximum absolute atomic E-state index is 12.0. The highest BCUT2D eigenvalue weighted by atomic mass is 16.4. The molecule has 4 N–H and O–H groups in total. The lowest BCUT2D eigenvalue weighted by Crippen LogP contribution is -2.47. The summed E-state index contributed by atoms with van der Waals surface area (Å²) in [5, 5.41) is 11.6. The molecule has 1 aromatic rings. The van der Waals surface area contributed by atoms with Crippen molar-refractivity contribution in [1.29, 1.82) is 0 Å². The summed E-state index contributed by atoms with van der Waals surface area (Å²) >= 11 is 0. The van der Waals surface area contributed by atoms with Crippen molar-refractivity contribution in [3.8, 4) is 0 Å². The molecule has 1 fully saturated rings. The smallest absolute Gasteiger partial charge is 0.336 e. The molecule has 1 aliphatic carbocycles. The number of hydrazine groups is 1. The van der Waals surface area contributed by atoms with Crippen molar-refractivity contribution >= 4 is 23.7 Å². The van der Waals surface area contributed by atoms with E-state index in [0.717, 1.165) is 32.1 Å². The van der Waals surface area contributed by atoms with E-state index in [1.807, 2.05) is 0 Å². The first-order chi connectivity index (χ1) is 12.0.